The molecule has 0 aliphatic heterocycles. The lowest BCUT2D eigenvalue weighted by Gasteiger charge is -2.08. The number of aromatic nitrogens is 1. The lowest BCUT2D eigenvalue weighted by atomic mass is 10.2. The average Bonchev–Trinajstić information content (AvgIpc) is 2.37. The van der Waals surface area contributed by atoms with E-state index >= 15 is 0 Å². The number of nitrogens with two attached hydrogens (primary N) is 1. The second-order valence-corrected chi connectivity index (χ2v) is 6.48. The number of nitrogens with zero attached hydrogens (tertiary/aromatic N) is 1. The third-order valence-corrected chi connectivity index (χ3v) is 4.20. The van der Waals surface area contributed by atoms with Gasteiger partial charge in [0.2, 0.25) is 10.0 Å². The highest BCUT2D eigenvalue weighted by Gasteiger charge is 2.14. The molecule has 0 atom stereocenters. The van der Waals surface area contributed by atoms with Crippen LogP contribution in [-0.4, -0.2) is 13.4 Å². The molecule has 20 heavy (non-hydrogen) atoms. The normalized spacial score (nSPS) is 11.5. The molecule has 3 N–H and O–H groups in total. The van der Waals surface area contributed by atoms with Crippen molar-refractivity contribution in [1.29, 1.82) is 0 Å². The minimum atomic E-state index is -3.57. The monoisotopic (exact) mass is 291 g/mol. The first-order valence-electron chi connectivity index (χ1n) is 6.15. The third-order valence-electron chi connectivity index (χ3n) is 2.82. The van der Waals surface area contributed by atoms with E-state index in [9.17, 15) is 8.42 Å². The van der Waals surface area contributed by atoms with Gasteiger partial charge in [0.25, 0.3) is 0 Å². The highest BCUT2D eigenvalue weighted by atomic mass is 32.2. The van der Waals surface area contributed by atoms with E-state index < -0.39 is 10.0 Å². The number of nitrogen functional groups attached to an aromatic ring is 1. The van der Waals surface area contributed by atoms with Crippen LogP contribution in [0.3, 0.4) is 0 Å². The Morgan fingerprint density at radius 2 is 1.95 bits per heavy atom. The van der Waals surface area contributed by atoms with Crippen LogP contribution in [0, 0.1) is 13.8 Å². The number of rotatable bonds is 4. The Kier molecular flexibility index (Phi) is 4.06. The Hall–Kier alpha value is -1.92. The Morgan fingerprint density at radius 1 is 1.20 bits per heavy atom. The predicted octanol–water partition coefficient (Wildman–Crippen LogP) is 1.76. The van der Waals surface area contributed by atoms with E-state index in [1.807, 2.05) is 19.1 Å². The quantitative estimate of drug-likeness (QED) is 0.841. The van der Waals surface area contributed by atoms with Crippen molar-refractivity contribution in [2.45, 2.75) is 25.3 Å². The van der Waals surface area contributed by atoms with E-state index in [1.165, 1.54) is 6.07 Å². The van der Waals surface area contributed by atoms with Crippen LogP contribution in [0.5, 0.6) is 0 Å². The number of nitrogens with one attached hydrogen (secondary N) is 1. The van der Waals surface area contributed by atoms with Crippen molar-refractivity contribution >= 4 is 15.7 Å². The molecule has 0 amide bonds. The van der Waals surface area contributed by atoms with Crippen molar-refractivity contribution in [3.8, 4) is 0 Å². The van der Waals surface area contributed by atoms with Gasteiger partial charge in [0.05, 0.1) is 4.90 Å². The molecule has 6 heteroatoms. The van der Waals surface area contributed by atoms with Crippen LogP contribution in [0.15, 0.2) is 41.4 Å². The first-order valence-corrected chi connectivity index (χ1v) is 7.63. The van der Waals surface area contributed by atoms with Crippen LogP contribution < -0.4 is 10.5 Å². The van der Waals surface area contributed by atoms with Crippen LogP contribution in [0.25, 0.3) is 0 Å². The summed E-state index contributed by atoms with van der Waals surface area (Å²) in [5, 5.41) is 0. The third kappa shape index (κ3) is 3.55. The maximum absolute atomic E-state index is 12.2. The van der Waals surface area contributed by atoms with Gasteiger partial charge in [-0.2, -0.15) is 0 Å². The molecular weight excluding hydrogens is 274 g/mol. The standard InChI is InChI=1S/C14H17N3O2S/c1-10-5-13(15)7-14(6-10)20(18,19)17-9-12-4-3-11(2)16-8-12/h3-8,17H,9,15H2,1-2H3. The van der Waals surface area contributed by atoms with Crippen molar-refractivity contribution in [3.63, 3.8) is 0 Å². The molecule has 0 saturated heterocycles. The summed E-state index contributed by atoms with van der Waals surface area (Å²) in [5.41, 5.74) is 8.62. The summed E-state index contributed by atoms with van der Waals surface area (Å²) in [7, 11) is -3.57. The van der Waals surface area contributed by atoms with Gasteiger partial charge in [-0.3, -0.25) is 4.98 Å². The Bertz CT molecular complexity index is 689. The number of pyridine rings is 1. The molecular formula is C14H17N3O2S. The molecule has 0 fully saturated rings. The van der Waals surface area contributed by atoms with Gasteiger partial charge in [-0.25, -0.2) is 13.1 Å². The highest BCUT2D eigenvalue weighted by molar-refractivity contribution is 7.89. The van der Waals surface area contributed by atoms with Crippen molar-refractivity contribution in [2.24, 2.45) is 0 Å². The zero-order chi connectivity index (χ0) is 14.8. The fourth-order valence-electron chi connectivity index (χ4n) is 1.80. The number of benzene rings is 1. The van der Waals surface area contributed by atoms with E-state index in [1.54, 1.807) is 25.3 Å². The van der Waals surface area contributed by atoms with Crippen LogP contribution >= 0.6 is 0 Å². The van der Waals surface area contributed by atoms with Gasteiger partial charge in [-0.15, -0.1) is 0 Å². The molecule has 0 aliphatic rings. The van der Waals surface area contributed by atoms with Crippen molar-refractivity contribution in [1.82, 2.24) is 9.71 Å². The number of aryl methyl sites for hydroxylation is 2. The van der Waals surface area contributed by atoms with E-state index in [0.29, 0.717) is 5.69 Å². The molecule has 0 bridgehead atoms. The first kappa shape index (κ1) is 14.5. The molecule has 1 heterocycles. The number of anilines is 1. The van der Waals surface area contributed by atoms with E-state index in [2.05, 4.69) is 9.71 Å². The SMILES string of the molecule is Cc1cc(N)cc(S(=O)(=O)NCc2ccc(C)nc2)c1. The summed E-state index contributed by atoms with van der Waals surface area (Å²) in [6.45, 7) is 3.88. The summed E-state index contributed by atoms with van der Waals surface area (Å²) in [5.74, 6) is 0. The Labute approximate surface area is 118 Å². The van der Waals surface area contributed by atoms with Crippen molar-refractivity contribution in [2.75, 3.05) is 5.73 Å². The Balaban J connectivity index is 2.16. The first-order chi connectivity index (χ1) is 9.37. The summed E-state index contributed by atoms with van der Waals surface area (Å²) < 4.78 is 26.9. The second-order valence-electron chi connectivity index (χ2n) is 4.71. The zero-order valence-electron chi connectivity index (χ0n) is 11.4. The smallest absolute Gasteiger partial charge is 0.240 e. The minimum Gasteiger partial charge on any atom is -0.399 e. The van der Waals surface area contributed by atoms with E-state index in [0.717, 1.165) is 16.8 Å². The maximum atomic E-state index is 12.2. The molecule has 1 aromatic heterocycles. The minimum absolute atomic E-state index is 0.176. The molecule has 2 aromatic rings. The summed E-state index contributed by atoms with van der Waals surface area (Å²) >= 11 is 0. The second kappa shape index (κ2) is 5.60. The fourth-order valence-corrected chi connectivity index (χ4v) is 2.95. The molecule has 0 aliphatic carbocycles. The lowest BCUT2D eigenvalue weighted by molar-refractivity contribution is 0.581. The van der Waals surface area contributed by atoms with Gasteiger partial charge < -0.3 is 5.73 Å². The molecule has 5 nitrogen and oxygen atoms in total. The lowest BCUT2D eigenvalue weighted by Crippen LogP contribution is -2.23. The van der Waals surface area contributed by atoms with Gasteiger partial charge in [-0.1, -0.05) is 6.07 Å². The topological polar surface area (TPSA) is 85.1 Å². The summed E-state index contributed by atoms with van der Waals surface area (Å²) in [4.78, 5) is 4.30. The van der Waals surface area contributed by atoms with Crippen LogP contribution in [0.4, 0.5) is 5.69 Å². The van der Waals surface area contributed by atoms with Crippen LogP contribution in [0.1, 0.15) is 16.8 Å². The summed E-state index contributed by atoms with van der Waals surface area (Å²) in [6, 6.07) is 8.45. The fraction of sp³-hybridized carbons (Fsp3) is 0.214. The van der Waals surface area contributed by atoms with Crippen LogP contribution in [-0.2, 0) is 16.6 Å². The molecule has 0 radical (unpaired) electrons. The highest BCUT2D eigenvalue weighted by Crippen LogP contribution is 2.16. The largest absolute Gasteiger partial charge is 0.399 e. The van der Waals surface area contributed by atoms with Crippen molar-refractivity contribution in [3.05, 3.63) is 53.3 Å². The molecule has 2 rings (SSSR count). The number of sulfonamides is 1. The maximum Gasteiger partial charge on any atom is 0.240 e. The van der Waals surface area contributed by atoms with Gasteiger partial charge in [0.15, 0.2) is 0 Å². The number of hydrogen-bond acceptors (Lipinski definition) is 4. The predicted molar refractivity (Wildman–Crippen MR) is 78.6 cm³/mol. The zero-order valence-corrected chi connectivity index (χ0v) is 12.2. The van der Waals surface area contributed by atoms with Gasteiger partial charge >= 0.3 is 0 Å². The summed E-state index contributed by atoms with van der Waals surface area (Å²) in [6.07, 6.45) is 1.66. The van der Waals surface area contributed by atoms with Crippen LogP contribution in [0.2, 0.25) is 0 Å². The Morgan fingerprint density at radius 3 is 2.55 bits per heavy atom. The number of hydrogen-bond donors (Lipinski definition) is 2. The molecule has 1 aromatic carbocycles. The molecule has 0 saturated carbocycles. The molecule has 0 spiro atoms. The van der Waals surface area contributed by atoms with Crippen molar-refractivity contribution < 1.29 is 8.42 Å². The van der Waals surface area contributed by atoms with Gasteiger partial charge in [0, 0.05) is 24.1 Å². The molecule has 106 valence electrons. The molecule has 0 unspecified atom stereocenters. The average molecular weight is 291 g/mol. The van der Waals surface area contributed by atoms with E-state index in [4.69, 9.17) is 5.73 Å². The van der Waals surface area contributed by atoms with E-state index in [-0.39, 0.29) is 11.4 Å². The van der Waals surface area contributed by atoms with Gasteiger partial charge in [-0.05, 0) is 49.2 Å². The van der Waals surface area contributed by atoms with Gasteiger partial charge in [0.1, 0.15) is 0 Å².